The lowest BCUT2D eigenvalue weighted by Crippen LogP contribution is -2.38. The van der Waals surface area contributed by atoms with Gasteiger partial charge in [-0.2, -0.15) is 0 Å². The Morgan fingerprint density at radius 3 is 2.61 bits per heavy atom. The summed E-state index contributed by atoms with van der Waals surface area (Å²) in [5, 5.41) is 0. The van der Waals surface area contributed by atoms with Crippen LogP contribution in [0, 0.1) is 11.2 Å². The van der Waals surface area contributed by atoms with Gasteiger partial charge in [0.2, 0.25) is 0 Å². The molecule has 0 saturated carbocycles. The number of hydrogen-bond acceptors (Lipinski definition) is 2. The molecule has 0 radical (unpaired) electrons. The van der Waals surface area contributed by atoms with Crippen LogP contribution in [0.1, 0.15) is 32.4 Å². The van der Waals surface area contributed by atoms with E-state index < -0.39 is 0 Å². The maximum absolute atomic E-state index is 13.8. The second-order valence-electron chi connectivity index (χ2n) is 5.63. The maximum Gasteiger partial charge on any atom is 0.128 e. The lowest BCUT2D eigenvalue weighted by molar-refractivity contribution is 0.171. The van der Waals surface area contributed by atoms with Gasteiger partial charge in [-0.1, -0.05) is 29.8 Å². The Bertz CT molecular complexity index is 407. The van der Waals surface area contributed by atoms with Crippen molar-refractivity contribution in [2.45, 2.75) is 26.8 Å². The van der Waals surface area contributed by atoms with Gasteiger partial charge in [-0.3, -0.25) is 4.90 Å². The van der Waals surface area contributed by atoms with Crippen LogP contribution < -0.4 is 5.73 Å². The minimum Gasteiger partial charge on any atom is -0.330 e. The molecule has 2 N–H and O–H groups in total. The Morgan fingerprint density at radius 2 is 2.06 bits per heavy atom. The molecular weight excluding hydrogens is 295 g/mol. The van der Waals surface area contributed by atoms with E-state index in [1.165, 1.54) is 6.07 Å². The molecule has 4 heteroatoms. The molecule has 0 fully saturated rings. The van der Waals surface area contributed by atoms with Crippen molar-refractivity contribution in [3.63, 3.8) is 0 Å². The van der Waals surface area contributed by atoms with Crippen LogP contribution in [0.3, 0.4) is 0 Å². The molecule has 0 bridgehead atoms. The average Bonchev–Trinajstić information content (AvgIpc) is 2.31. The van der Waals surface area contributed by atoms with Crippen LogP contribution in [0.25, 0.3) is 0 Å². The van der Waals surface area contributed by atoms with E-state index in [-0.39, 0.29) is 17.3 Å². The zero-order valence-electron chi connectivity index (χ0n) is 11.5. The predicted octanol–water partition coefficient (Wildman–Crippen LogP) is 3.57. The average molecular weight is 317 g/mol. The molecule has 0 aromatic heterocycles. The van der Waals surface area contributed by atoms with Gasteiger partial charge in [-0.15, -0.1) is 0 Å². The van der Waals surface area contributed by atoms with Crippen LogP contribution >= 0.6 is 15.9 Å². The lowest BCUT2D eigenvalue weighted by atomic mass is 9.92. The van der Waals surface area contributed by atoms with Gasteiger partial charge in [0.25, 0.3) is 0 Å². The van der Waals surface area contributed by atoms with Crippen molar-refractivity contribution in [3.05, 3.63) is 34.1 Å². The highest BCUT2D eigenvalue weighted by atomic mass is 79.9. The van der Waals surface area contributed by atoms with Crippen LogP contribution in [0.4, 0.5) is 4.39 Å². The number of nitrogens with two attached hydrogens (primary N) is 1. The fourth-order valence-electron chi connectivity index (χ4n) is 1.95. The largest absolute Gasteiger partial charge is 0.330 e. The van der Waals surface area contributed by atoms with Crippen LogP contribution in [-0.2, 0) is 0 Å². The molecule has 102 valence electrons. The van der Waals surface area contributed by atoms with E-state index in [0.717, 1.165) is 11.0 Å². The molecule has 1 atom stereocenters. The van der Waals surface area contributed by atoms with Gasteiger partial charge in [0, 0.05) is 22.6 Å². The van der Waals surface area contributed by atoms with E-state index in [1.807, 2.05) is 20.0 Å². The highest BCUT2D eigenvalue weighted by Gasteiger charge is 2.23. The first-order valence-electron chi connectivity index (χ1n) is 6.12. The van der Waals surface area contributed by atoms with Gasteiger partial charge in [0.1, 0.15) is 5.82 Å². The second kappa shape index (κ2) is 6.13. The van der Waals surface area contributed by atoms with Crippen molar-refractivity contribution in [1.29, 1.82) is 0 Å². The first kappa shape index (κ1) is 15.6. The number of benzene rings is 1. The van der Waals surface area contributed by atoms with Crippen molar-refractivity contribution in [2.24, 2.45) is 11.1 Å². The zero-order chi connectivity index (χ0) is 13.9. The van der Waals surface area contributed by atoms with Gasteiger partial charge in [-0.25, -0.2) is 4.39 Å². The zero-order valence-corrected chi connectivity index (χ0v) is 13.1. The van der Waals surface area contributed by atoms with E-state index in [4.69, 9.17) is 5.73 Å². The van der Waals surface area contributed by atoms with Gasteiger partial charge < -0.3 is 5.73 Å². The molecule has 1 rings (SSSR count). The minimum absolute atomic E-state index is 0.0216. The molecule has 0 spiro atoms. The van der Waals surface area contributed by atoms with Gasteiger partial charge >= 0.3 is 0 Å². The Hall–Kier alpha value is -0.450. The Balaban J connectivity index is 2.86. The van der Waals surface area contributed by atoms with Crippen molar-refractivity contribution in [2.75, 3.05) is 20.1 Å². The topological polar surface area (TPSA) is 29.3 Å². The first-order valence-corrected chi connectivity index (χ1v) is 6.91. The first-order chi connectivity index (χ1) is 8.26. The highest BCUT2D eigenvalue weighted by molar-refractivity contribution is 9.10. The van der Waals surface area contributed by atoms with E-state index >= 15 is 0 Å². The summed E-state index contributed by atoms with van der Waals surface area (Å²) in [4.78, 5) is 2.14. The molecule has 1 aromatic rings. The number of hydrogen-bond donors (Lipinski definition) is 1. The smallest absolute Gasteiger partial charge is 0.128 e. The predicted molar refractivity (Wildman–Crippen MR) is 78.0 cm³/mol. The second-order valence-corrected chi connectivity index (χ2v) is 6.54. The van der Waals surface area contributed by atoms with Crippen LogP contribution in [-0.4, -0.2) is 25.0 Å². The third kappa shape index (κ3) is 4.04. The summed E-state index contributed by atoms with van der Waals surface area (Å²) in [5.41, 5.74) is 6.48. The molecular formula is C14H22BrFN2. The van der Waals surface area contributed by atoms with Crippen LogP contribution in [0.2, 0.25) is 0 Å². The molecule has 0 aliphatic carbocycles. The highest BCUT2D eigenvalue weighted by Crippen LogP contribution is 2.27. The molecule has 0 heterocycles. The van der Waals surface area contributed by atoms with Gasteiger partial charge in [-0.05, 0) is 44.1 Å². The fraction of sp³-hybridized carbons (Fsp3) is 0.571. The fourth-order valence-corrected chi connectivity index (χ4v) is 2.33. The van der Waals surface area contributed by atoms with Crippen molar-refractivity contribution in [1.82, 2.24) is 4.90 Å². The summed E-state index contributed by atoms with van der Waals surface area (Å²) in [7, 11) is 2.00. The molecule has 1 aromatic carbocycles. The maximum atomic E-state index is 13.8. The summed E-state index contributed by atoms with van der Waals surface area (Å²) >= 11 is 3.38. The van der Waals surface area contributed by atoms with E-state index in [1.54, 1.807) is 6.07 Å². The van der Waals surface area contributed by atoms with E-state index in [0.29, 0.717) is 12.1 Å². The van der Waals surface area contributed by atoms with E-state index in [2.05, 4.69) is 34.7 Å². The molecule has 0 saturated heterocycles. The summed E-state index contributed by atoms with van der Waals surface area (Å²) < 4.78 is 14.7. The lowest BCUT2D eigenvalue weighted by Gasteiger charge is -2.33. The number of halogens is 2. The van der Waals surface area contributed by atoms with Gasteiger partial charge in [0.05, 0.1) is 0 Å². The molecule has 18 heavy (non-hydrogen) atoms. The molecule has 1 unspecified atom stereocenters. The summed E-state index contributed by atoms with van der Waals surface area (Å²) in [6.07, 6.45) is 0. The summed E-state index contributed by atoms with van der Waals surface area (Å²) in [6.45, 7) is 7.69. The SMILES string of the molecule is CC(c1cc(Br)ccc1F)N(C)CC(C)(C)CN. The minimum atomic E-state index is -0.164. The number of rotatable bonds is 5. The third-order valence-corrected chi connectivity index (χ3v) is 3.79. The van der Waals surface area contributed by atoms with Crippen molar-refractivity contribution in [3.8, 4) is 0 Å². The monoisotopic (exact) mass is 316 g/mol. The quantitative estimate of drug-likeness (QED) is 0.899. The Morgan fingerprint density at radius 1 is 1.44 bits per heavy atom. The summed E-state index contributed by atoms with van der Waals surface area (Å²) in [5.74, 6) is -0.164. The molecule has 0 aliphatic rings. The van der Waals surface area contributed by atoms with Crippen LogP contribution in [0.5, 0.6) is 0 Å². The molecule has 0 amide bonds. The Labute approximate surface area is 117 Å². The van der Waals surface area contributed by atoms with Crippen LogP contribution in [0.15, 0.2) is 22.7 Å². The number of nitrogens with zero attached hydrogens (tertiary/aromatic N) is 1. The normalized spacial score (nSPS) is 14.0. The third-order valence-electron chi connectivity index (χ3n) is 3.30. The summed E-state index contributed by atoms with van der Waals surface area (Å²) in [6, 6.07) is 5.08. The van der Waals surface area contributed by atoms with E-state index in [9.17, 15) is 4.39 Å². The Kier molecular flexibility index (Phi) is 5.32. The molecule has 2 nitrogen and oxygen atoms in total. The van der Waals surface area contributed by atoms with Crippen molar-refractivity contribution < 1.29 is 4.39 Å². The van der Waals surface area contributed by atoms with Crippen molar-refractivity contribution >= 4 is 15.9 Å². The molecule has 0 aliphatic heterocycles. The van der Waals surface area contributed by atoms with Gasteiger partial charge in [0.15, 0.2) is 0 Å². The standard InChI is InChI=1S/C14H22BrFN2/c1-10(18(4)9-14(2,3)8-17)12-7-11(15)5-6-13(12)16/h5-7,10H,8-9,17H2,1-4H3.